The zero-order valence-electron chi connectivity index (χ0n) is 13.9. The minimum atomic E-state index is 0.0240. The first-order valence-corrected chi connectivity index (χ1v) is 12.0. The van der Waals surface area contributed by atoms with Crippen LogP contribution in [-0.2, 0) is 8.85 Å². The number of hydrogen-bond donors (Lipinski definition) is 0. The van der Waals surface area contributed by atoms with Crippen LogP contribution < -0.4 is 0 Å². The fourth-order valence-electron chi connectivity index (χ4n) is 1.06. The van der Waals surface area contributed by atoms with E-state index in [9.17, 15) is 0 Å². The third-order valence-electron chi connectivity index (χ3n) is 1.85. The summed E-state index contributed by atoms with van der Waals surface area (Å²) in [5.74, 6) is 2.48. The summed E-state index contributed by atoms with van der Waals surface area (Å²) in [6, 6.07) is 2.40. The first-order chi connectivity index (χ1) is 9.21. The minimum Gasteiger partial charge on any atom is -0.413 e. The van der Waals surface area contributed by atoms with Crippen molar-refractivity contribution in [3.63, 3.8) is 0 Å². The van der Waals surface area contributed by atoms with Crippen LogP contribution in [0.1, 0.15) is 54.4 Å². The maximum Gasteiger partial charge on any atom is 0.230 e. The Morgan fingerprint density at radius 3 is 1.35 bits per heavy atom. The van der Waals surface area contributed by atoms with Crippen LogP contribution in [0.4, 0.5) is 0 Å². The molecular formula is C14H30O2S2Si2. The Morgan fingerprint density at radius 1 is 0.700 bits per heavy atom. The van der Waals surface area contributed by atoms with Crippen molar-refractivity contribution in [2.45, 2.75) is 77.7 Å². The average molecular weight is 351 g/mol. The molecule has 2 nitrogen and oxygen atoms in total. The third-order valence-corrected chi connectivity index (χ3v) is 7.06. The van der Waals surface area contributed by atoms with Gasteiger partial charge in [-0.15, -0.1) is 0 Å². The van der Waals surface area contributed by atoms with Gasteiger partial charge in [0.1, 0.15) is 0 Å². The highest BCUT2D eigenvalue weighted by Gasteiger charge is 2.10. The lowest BCUT2D eigenvalue weighted by Gasteiger charge is -2.19. The third kappa shape index (κ3) is 19.1. The summed E-state index contributed by atoms with van der Waals surface area (Å²) in [6.07, 6.45) is 2.53. The van der Waals surface area contributed by atoms with Gasteiger partial charge in [0.15, 0.2) is 0 Å². The lowest BCUT2D eigenvalue weighted by atomic mass is 10.2. The molecule has 4 radical (unpaired) electrons. The Bertz CT molecular complexity index is 204. The molecule has 0 atom stereocenters. The number of hydrogen-bond acceptors (Lipinski definition) is 4. The van der Waals surface area contributed by atoms with E-state index in [1.165, 1.54) is 36.4 Å². The van der Waals surface area contributed by atoms with Gasteiger partial charge in [-0.3, -0.25) is 0 Å². The standard InChI is InChI=1S/C14H30O2S2Si2/c1-13(2,3)15-19-11-7-9-17-18-10-8-12-20-16-14(4,5)6/h7-12H2,1-6H3. The van der Waals surface area contributed by atoms with Crippen LogP contribution >= 0.6 is 21.6 Å². The SMILES string of the molecule is CC(C)(C)O[Si]CCCSSCCC[Si]OC(C)(C)C. The van der Waals surface area contributed by atoms with Crippen LogP contribution in [0.3, 0.4) is 0 Å². The lowest BCUT2D eigenvalue weighted by molar-refractivity contribution is 0.137. The van der Waals surface area contributed by atoms with Gasteiger partial charge in [-0.05, 0) is 66.5 Å². The molecule has 0 heterocycles. The van der Waals surface area contributed by atoms with Crippen LogP contribution in [0.25, 0.3) is 0 Å². The van der Waals surface area contributed by atoms with Crippen LogP contribution in [0.15, 0.2) is 0 Å². The first kappa shape index (κ1) is 21.1. The predicted octanol–water partition coefficient (Wildman–Crippen LogP) is 4.85. The summed E-state index contributed by atoms with van der Waals surface area (Å²) in [6.45, 7) is 12.7. The van der Waals surface area contributed by atoms with Crippen molar-refractivity contribution >= 4 is 41.1 Å². The molecule has 0 aliphatic carbocycles. The Labute approximate surface area is 139 Å². The van der Waals surface area contributed by atoms with Gasteiger partial charge in [-0.2, -0.15) is 0 Å². The van der Waals surface area contributed by atoms with E-state index in [1.54, 1.807) is 0 Å². The van der Waals surface area contributed by atoms with Gasteiger partial charge in [-0.1, -0.05) is 21.6 Å². The van der Waals surface area contributed by atoms with E-state index in [0.29, 0.717) is 19.5 Å². The summed E-state index contributed by atoms with van der Waals surface area (Å²) >= 11 is 0. The molecule has 118 valence electrons. The smallest absolute Gasteiger partial charge is 0.230 e. The molecule has 0 saturated carbocycles. The fourth-order valence-corrected chi connectivity index (χ4v) is 5.46. The summed E-state index contributed by atoms with van der Waals surface area (Å²) in [5.41, 5.74) is 0.0481. The van der Waals surface area contributed by atoms with Gasteiger partial charge in [-0.25, -0.2) is 0 Å². The molecule has 0 rings (SSSR count). The molecule has 0 aromatic heterocycles. The van der Waals surface area contributed by atoms with Gasteiger partial charge in [0.05, 0.1) is 0 Å². The summed E-state index contributed by atoms with van der Waals surface area (Å²) < 4.78 is 11.5. The zero-order valence-corrected chi connectivity index (χ0v) is 17.5. The van der Waals surface area contributed by atoms with Crippen molar-refractivity contribution in [3.05, 3.63) is 0 Å². The molecule has 0 aromatic rings. The van der Waals surface area contributed by atoms with E-state index in [2.05, 4.69) is 41.5 Å². The monoisotopic (exact) mass is 350 g/mol. The molecule has 0 amide bonds. The van der Waals surface area contributed by atoms with Gasteiger partial charge in [0.2, 0.25) is 19.5 Å². The maximum atomic E-state index is 5.73. The van der Waals surface area contributed by atoms with E-state index >= 15 is 0 Å². The van der Waals surface area contributed by atoms with Crippen LogP contribution in [0, 0.1) is 0 Å². The molecule has 0 unspecified atom stereocenters. The summed E-state index contributed by atoms with van der Waals surface area (Å²) in [4.78, 5) is 0. The molecule has 0 aromatic carbocycles. The van der Waals surface area contributed by atoms with Crippen molar-refractivity contribution < 1.29 is 8.85 Å². The topological polar surface area (TPSA) is 18.5 Å². The average Bonchev–Trinajstić information content (AvgIpc) is 2.27. The second kappa shape index (κ2) is 11.6. The van der Waals surface area contributed by atoms with E-state index in [4.69, 9.17) is 8.85 Å². The van der Waals surface area contributed by atoms with E-state index < -0.39 is 0 Å². The maximum absolute atomic E-state index is 5.73. The van der Waals surface area contributed by atoms with Gasteiger partial charge in [0.25, 0.3) is 0 Å². The highest BCUT2D eigenvalue weighted by atomic mass is 33.1. The normalized spacial score (nSPS) is 12.9. The van der Waals surface area contributed by atoms with Crippen LogP contribution in [0.5, 0.6) is 0 Å². The van der Waals surface area contributed by atoms with Crippen LogP contribution in [0.2, 0.25) is 12.1 Å². The Morgan fingerprint density at radius 2 is 1.05 bits per heavy atom. The van der Waals surface area contributed by atoms with Crippen LogP contribution in [-0.4, -0.2) is 42.2 Å². The van der Waals surface area contributed by atoms with E-state index in [0.717, 1.165) is 0 Å². The molecular weight excluding hydrogens is 320 g/mol. The molecule has 0 N–H and O–H groups in total. The molecule has 0 aliphatic heterocycles. The van der Waals surface area contributed by atoms with Gasteiger partial charge < -0.3 is 8.85 Å². The summed E-state index contributed by atoms with van der Waals surface area (Å²) in [5, 5.41) is 0. The molecule has 0 saturated heterocycles. The first-order valence-electron chi connectivity index (χ1n) is 7.27. The Kier molecular flexibility index (Phi) is 12.2. The van der Waals surface area contributed by atoms with Gasteiger partial charge >= 0.3 is 0 Å². The minimum absolute atomic E-state index is 0.0240. The second-order valence-corrected chi connectivity index (χ2v) is 11.3. The zero-order chi connectivity index (χ0) is 15.5. The quantitative estimate of drug-likeness (QED) is 0.301. The fraction of sp³-hybridized carbons (Fsp3) is 1.00. The molecule has 0 bridgehead atoms. The van der Waals surface area contributed by atoms with Crippen molar-refractivity contribution in [1.82, 2.24) is 0 Å². The summed E-state index contributed by atoms with van der Waals surface area (Å²) in [7, 11) is 5.31. The van der Waals surface area contributed by atoms with Crippen molar-refractivity contribution in [2.75, 3.05) is 11.5 Å². The van der Waals surface area contributed by atoms with Crippen molar-refractivity contribution in [2.24, 2.45) is 0 Å². The highest BCUT2D eigenvalue weighted by Crippen LogP contribution is 2.24. The predicted molar refractivity (Wildman–Crippen MR) is 96.9 cm³/mol. The Balaban J connectivity index is 3.10. The molecule has 0 fully saturated rings. The Hall–Kier alpha value is 1.05. The lowest BCUT2D eigenvalue weighted by Crippen LogP contribution is -2.21. The molecule has 6 heteroatoms. The number of rotatable bonds is 11. The van der Waals surface area contributed by atoms with Gasteiger partial charge in [0, 0.05) is 22.7 Å². The molecule has 0 aliphatic rings. The largest absolute Gasteiger partial charge is 0.413 e. The second-order valence-electron chi connectivity index (χ2n) is 6.57. The molecule has 20 heavy (non-hydrogen) atoms. The van der Waals surface area contributed by atoms with Crippen molar-refractivity contribution in [1.29, 1.82) is 0 Å². The van der Waals surface area contributed by atoms with Crippen molar-refractivity contribution in [3.8, 4) is 0 Å². The van der Waals surface area contributed by atoms with E-state index in [1.807, 2.05) is 21.6 Å². The van der Waals surface area contributed by atoms with E-state index in [-0.39, 0.29) is 11.2 Å². The highest BCUT2D eigenvalue weighted by molar-refractivity contribution is 8.76. The molecule has 0 spiro atoms.